The van der Waals surface area contributed by atoms with Crippen molar-refractivity contribution in [1.29, 1.82) is 0 Å². The summed E-state index contributed by atoms with van der Waals surface area (Å²) in [6.07, 6.45) is -4.59. The maximum absolute atomic E-state index is 13.0. The average Bonchev–Trinajstić information content (AvgIpc) is 2.73. The Morgan fingerprint density at radius 3 is 1.73 bits per heavy atom. The molecule has 2 N–H and O–H groups in total. The molecule has 0 saturated carbocycles. The smallest absolute Gasteiger partial charge is 0.358 e. The van der Waals surface area contributed by atoms with E-state index in [1.165, 1.54) is 10.1 Å². The largest absolute Gasteiger partial charge is 0.481 e. The topological polar surface area (TPSA) is 169 Å². The van der Waals surface area contributed by atoms with Crippen molar-refractivity contribution in [2.75, 3.05) is 26.2 Å². The Bertz CT molecular complexity index is 675. The summed E-state index contributed by atoms with van der Waals surface area (Å²) in [6, 6.07) is 0. The van der Waals surface area contributed by atoms with E-state index in [-0.39, 0.29) is 13.1 Å². The first kappa shape index (κ1) is 30.4. The third-order valence-electron chi connectivity index (χ3n) is 4.25. The number of aliphatic hydroxyl groups is 1. The summed E-state index contributed by atoms with van der Waals surface area (Å²) in [5, 5.41) is 21.0. The van der Waals surface area contributed by atoms with Gasteiger partial charge in [0.2, 0.25) is 0 Å². The minimum atomic E-state index is -2.38. The predicted molar refractivity (Wildman–Crippen MR) is 111 cm³/mol. The van der Waals surface area contributed by atoms with Crippen LogP contribution >= 0.6 is 0 Å². The molecular formula is C20H34N2O11. The second kappa shape index (κ2) is 15.3. The van der Waals surface area contributed by atoms with Crippen LogP contribution in [-0.4, -0.2) is 88.3 Å². The van der Waals surface area contributed by atoms with Gasteiger partial charge in [0.1, 0.15) is 0 Å². The van der Waals surface area contributed by atoms with E-state index in [4.69, 9.17) is 19.5 Å². The van der Waals surface area contributed by atoms with Crippen molar-refractivity contribution in [3.05, 3.63) is 0 Å². The molecule has 0 aromatic carbocycles. The van der Waals surface area contributed by atoms with Gasteiger partial charge >= 0.3 is 29.8 Å². The third-order valence-corrected chi connectivity index (χ3v) is 4.25. The quantitative estimate of drug-likeness (QED) is 0.135. The fourth-order valence-corrected chi connectivity index (χ4v) is 2.64. The van der Waals surface area contributed by atoms with Gasteiger partial charge in [-0.1, -0.05) is 0 Å². The van der Waals surface area contributed by atoms with Crippen LogP contribution in [-0.2, 0) is 43.1 Å². The number of carboxylic acids is 1. The van der Waals surface area contributed by atoms with Crippen LogP contribution in [0.4, 0.5) is 0 Å². The number of aliphatic carboxylic acids is 1. The Hall–Kier alpha value is -2.61. The number of aliphatic hydroxyl groups excluding tert-OH is 1. The standard InChI is InChI=1S/C20H34N2O11/c1-6-21(7-2)32-18(28)13-20(31-14(5)23,19(29)33-22(8-3)9-4)12-17(27)30-16(26)11-10-15(24)25/h14,23H,6-13H2,1-5H3,(H,24,25). The van der Waals surface area contributed by atoms with Crippen LogP contribution in [0.2, 0.25) is 0 Å². The van der Waals surface area contributed by atoms with Gasteiger partial charge in [0.15, 0.2) is 11.9 Å². The molecule has 0 aromatic heterocycles. The molecular weight excluding hydrogens is 444 g/mol. The Balaban J connectivity index is 5.87. The Kier molecular flexibility index (Phi) is 14.1. The second-order valence-electron chi connectivity index (χ2n) is 6.88. The fraction of sp³-hybridized carbons (Fsp3) is 0.750. The summed E-state index contributed by atoms with van der Waals surface area (Å²) >= 11 is 0. The van der Waals surface area contributed by atoms with Crippen LogP contribution in [0.15, 0.2) is 0 Å². The van der Waals surface area contributed by atoms with Crippen LogP contribution in [0.25, 0.3) is 0 Å². The molecule has 0 aliphatic rings. The zero-order chi connectivity index (χ0) is 25.6. The van der Waals surface area contributed by atoms with Crippen LogP contribution in [0.5, 0.6) is 0 Å². The number of hydroxylamine groups is 4. The van der Waals surface area contributed by atoms with Gasteiger partial charge in [-0.2, -0.15) is 0 Å². The van der Waals surface area contributed by atoms with Crippen molar-refractivity contribution >= 4 is 29.8 Å². The molecule has 2 unspecified atom stereocenters. The number of carboxylic acid groups (broad SMARTS) is 1. The lowest BCUT2D eigenvalue weighted by Crippen LogP contribution is -2.51. The van der Waals surface area contributed by atoms with E-state index in [0.717, 1.165) is 6.92 Å². The molecule has 0 radical (unpaired) electrons. The average molecular weight is 478 g/mol. The van der Waals surface area contributed by atoms with Gasteiger partial charge < -0.3 is 29.4 Å². The van der Waals surface area contributed by atoms with E-state index in [2.05, 4.69) is 4.74 Å². The van der Waals surface area contributed by atoms with Gasteiger partial charge in [-0.3, -0.25) is 19.2 Å². The highest BCUT2D eigenvalue weighted by Gasteiger charge is 2.49. The van der Waals surface area contributed by atoms with Gasteiger partial charge in [0.05, 0.1) is 25.7 Å². The molecule has 0 amide bonds. The van der Waals surface area contributed by atoms with Gasteiger partial charge in [-0.15, -0.1) is 10.1 Å². The zero-order valence-corrected chi connectivity index (χ0v) is 19.7. The molecule has 13 heteroatoms. The lowest BCUT2D eigenvalue weighted by Gasteiger charge is -2.33. The van der Waals surface area contributed by atoms with Gasteiger partial charge in [0, 0.05) is 26.2 Å². The first-order chi connectivity index (χ1) is 15.4. The number of rotatable bonds is 16. The van der Waals surface area contributed by atoms with Gasteiger partial charge in [-0.05, 0) is 34.6 Å². The molecule has 33 heavy (non-hydrogen) atoms. The first-order valence-electron chi connectivity index (χ1n) is 10.7. The van der Waals surface area contributed by atoms with Crippen molar-refractivity contribution < 1.29 is 53.3 Å². The van der Waals surface area contributed by atoms with Crippen LogP contribution < -0.4 is 0 Å². The molecule has 2 atom stereocenters. The molecule has 0 saturated heterocycles. The fourth-order valence-electron chi connectivity index (χ4n) is 2.64. The zero-order valence-electron chi connectivity index (χ0n) is 19.7. The number of hydrogen-bond acceptors (Lipinski definition) is 12. The van der Waals surface area contributed by atoms with Crippen molar-refractivity contribution in [2.24, 2.45) is 0 Å². The Morgan fingerprint density at radius 2 is 1.27 bits per heavy atom. The molecule has 0 spiro atoms. The molecule has 190 valence electrons. The van der Waals surface area contributed by atoms with Gasteiger partial charge in [-0.25, -0.2) is 4.79 Å². The van der Waals surface area contributed by atoms with Crippen molar-refractivity contribution in [1.82, 2.24) is 10.1 Å². The van der Waals surface area contributed by atoms with Gasteiger partial charge in [0.25, 0.3) is 0 Å². The van der Waals surface area contributed by atoms with E-state index in [1.807, 2.05) is 0 Å². The number of esters is 2. The minimum absolute atomic E-state index is 0.273. The SMILES string of the molecule is CCN(CC)OC(=O)CC(CC(=O)OC(=O)CCC(=O)O)(OC(C)O)C(=O)ON(CC)CC. The molecule has 0 fully saturated rings. The highest BCUT2D eigenvalue weighted by Crippen LogP contribution is 2.27. The van der Waals surface area contributed by atoms with Crippen molar-refractivity contribution in [3.8, 4) is 0 Å². The van der Waals surface area contributed by atoms with Crippen molar-refractivity contribution in [2.45, 2.75) is 72.2 Å². The summed E-state index contributed by atoms with van der Waals surface area (Å²) in [5.74, 6) is -5.83. The Labute approximate surface area is 192 Å². The molecule has 0 aromatic rings. The van der Waals surface area contributed by atoms with Crippen molar-refractivity contribution in [3.63, 3.8) is 0 Å². The Morgan fingerprint density at radius 1 is 0.788 bits per heavy atom. The number of ether oxygens (including phenoxy) is 2. The summed E-state index contributed by atoms with van der Waals surface area (Å²) < 4.78 is 9.85. The lowest BCUT2D eigenvalue weighted by molar-refractivity contribution is -0.243. The van der Waals surface area contributed by atoms with E-state index >= 15 is 0 Å². The normalized spacial score (nSPS) is 13.8. The summed E-state index contributed by atoms with van der Waals surface area (Å²) in [5.41, 5.74) is -2.38. The maximum atomic E-state index is 13.0. The highest BCUT2D eigenvalue weighted by atomic mass is 16.7. The van der Waals surface area contributed by atoms with Crippen LogP contribution in [0.3, 0.4) is 0 Å². The van der Waals surface area contributed by atoms with E-state index in [9.17, 15) is 29.1 Å². The minimum Gasteiger partial charge on any atom is -0.481 e. The van der Waals surface area contributed by atoms with E-state index in [0.29, 0.717) is 13.1 Å². The summed E-state index contributed by atoms with van der Waals surface area (Å²) in [4.78, 5) is 70.7. The summed E-state index contributed by atoms with van der Waals surface area (Å²) in [7, 11) is 0. The van der Waals surface area contributed by atoms with E-state index in [1.54, 1.807) is 27.7 Å². The lowest BCUT2D eigenvalue weighted by atomic mass is 9.95. The molecule has 13 nitrogen and oxygen atoms in total. The number of carbonyl (C=O) groups is 5. The van der Waals surface area contributed by atoms with E-state index < -0.39 is 67.4 Å². The van der Waals surface area contributed by atoms with Crippen LogP contribution in [0.1, 0.15) is 60.3 Å². The molecule has 0 rings (SSSR count). The molecule has 0 aliphatic heterocycles. The summed E-state index contributed by atoms with van der Waals surface area (Å²) in [6.45, 7) is 9.22. The monoisotopic (exact) mass is 478 g/mol. The number of carbonyl (C=O) groups excluding carboxylic acids is 4. The second-order valence-corrected chi connectivity index (χ2v) is 6.88. The number of nitrogens with zero attached hydrogens (tertiary/aromatic N) is 2. The molecule has 0 heterocycles. The third kappa shape index (κ3) is 11.7. The predicted octanol–water partition coefficient (Wildman–Crippen LogP) is 0.395. The highest BCUT2D eigenvalue weighted by molar-refractivity contribution is 5.93. The maximum Gasteiger partial charge on any atom is 0.358 e. The molecule has 0 aliphatic carbocycles. The number of hydrogen-bond donors (Lipinski definition) is 2. The molecule has 0 bridgehead atoms. The first-order valence-corrected chi connectivity index (χ1v) is 10.7. The van der Waals surface area contributed by atoms with Crippen LogP contribution in [0, 0.1) is 0 Å².